The molecule has 28 heavy (non-hydrogen) atoms. The molecule has 144 valence electrons. The lowest BCUT2D eigenvalue weighted by molar-refractivity contribution is 0.0570. The first-order valence-corrected chi connectivity index (χ1v) is 9.60. The second-order valence-electron chi connectivity index (χ2n) is 8.01. The van der Waals surface area contributed by atoms with E-state index < -0.39 is 5.56 Å². The van der Waals surface area contributed by atoms with Gasteiger partial charge in [0.15, 0.2) is 0 Å². The summed E-state index contributed by atoms with van der Waals surface area (Å²) in [6.07, 6.45) is 3.27. The molecule has 2 bridgehead atoms. The molecule has 2 N–H and O–H groups in total. The fraction of sp³-hybridized carbons (Fsp3) is 0.409. The maximum absolute atomic E-state index is 13.4. The fourth-order valence-corrected chi connectivity index (χ4v) is 5.08. The number of aliphatic hydroxyl groups is 1. The Hall–Kier alpha value is -2.91. The monoisotopic (exact) mass is 377 g/mol. The highest BCUT2D eigenvalue weighted by atomic mass is 16.3. The molecule has 3 atom stereocenters. The van der Waals surface area contributed by atoms with Gasteiger partial charge in [-0.15, -0.1) is 0 Å². The summed E-state index contributed by atoms with van der Waals surface area (Å²) in [6, 6.07) is 13.3. The van der Waals surface area contributed by atoms with Crippen molar-refractivity contribution in [3.8, 4) is 6.07 Å². The van der Waals surface area contributed by atoms with Crippen LogP contribution < -0.4 is 5.56 Å². The van der Waals surface area contributed by atoms with Gasteiger partial charge in [-0.1, -0.05) is 30.3 Å². The highest BCUT2D eigenvalue weighted by Gasteiger charge is 2.57. The second-order valence-corrected chi connectivity index (χ2v) is 8.01. The first-order chi connectivity index (χ1) is 13.5. The molecule has 2 saturated heterocycles. The number of nitrogens with one attached hydrogen (secondary N) is 1. The molecule has 0 unspecified atom stereocenters. The van der Waals surface area contributed by atoms with E-state index >= 15 is 0 Å². The maximum atomic E-state index is 13.4. The minimum Gasteiger partial charge on any atom is -0.396 e. The first kappa shape index (κ1) is 18.5. The number of aliphatic hydroxyl groups excluding tert-OH is 1. The molecule has 3 heterocycles. The zero-order chi connectivity index (χ0) is 19.9. The quantitative estimate of drug-likeness (QED) is 0.853. The summed E-state index contributed by atoms with van der Waals surface area (Å²) in [5, 5.41) is 19.5. The molecule has 4 rings (SSSR count). The third kappa shape index (κ3) is 2.83. The van der Waals surface area contributed by atoms with Crippen molar-refractivity contribution in [1.29, 1.82) is 5.26 Å². The predicted octanol–water partition coefficient (Wildman–Crippen LogP) is 2.15. The van der Waals surface area contributed by atoms with Crippen molar-refractivity contribution in [2.45, 2.75) is 44.7 Å². The van der Waals surface area contributed by atoms with Gasteiger partial charge in [0.25, 0.3) is 11.5 Å². The van der Waals surface area contributed by atoms with Crippen LogP contribution in [0.5, 0.6) is 0 Å². The van der Waals surface area contributed by atoms with Crippen LogP contribution in [-0.4, -0.2) is 39.6 Å². The van der Waals surface area contributed by atoms with Crippen LogP contribution in [0.2, 0.25) is 0 Å². The van der Waals surface area contributed by atoms with Crippen LogP contribution in [0.1, 0.15) is 46.4 Å². The summed E-state index contributed by atoms with van der Waals surface area (Å²) in [5.41, 5.74) is 1.10. The minimum absolute atomic E-state index is 0.0287. The Kier molecular flexibility index (Phi) is 4.56. The SMILES string of the molecule is Cc1[nH]c(=O)c(C#N)cc1C(=O)N1[C@@H]2CC[C@H]1[C@](CO)(Cc1ccccc1)C2. The number of H-pyrrole nitrogens is 1. The van der Waals surface area contributed by atoms with Gasteiger partial charge in [-0.25, -0.2) is 0 Å². The molecule has 1 aromatic carbocycles. The van der Waals surface area contributed by atoms with Crippen molar-refractivity contribution in [3.05, 3.63) is 69.1 Å². The number of nitriles is 1. The highest BCUT2D eigenvalue weighted by molar-refractivity contribution is 5.96. The van der Waals surface area contributed by atoms with E-state index in [4.69, 9.17) is 5.26 Å². The van der Waals surface area contributed by atoms with Crippen LogP contribution in [-0.2, 0) is 6.42 Å². The number of aromatic amines is 1. The Balaban J connectivity index is 1.68. The number of carbonyl (C=O) groups is 1. The van der Waals surface area contributed by atoms with Gasteiger partial charge in [0.1, 0.15) is 11.6 Å². The number of aryl methyl sites for hydroxylation is 1. The topological polar surface area (TPSA) is 97.2 Å². The van der Waals surface area contributed by atoms with Crippen LogP contribution >= 0.6 is 0 Å². The molecule has 0 aliphatic carbocycles. The summed E-state index contributed by atoms with van der Waals surface area (Å²) in [5.74, 6) is -0.166. The van der Waals surface area contributed by atoms with Crippen molar-refractivity contribution >= 4 is 5.91 Å². The summed E-state index contributed by atoms with van der Waals surface area (Å²) >= 11 is 0. The van der Waals surface area contributed by atoms with Crippen molar-refractivity contribution in [2.75, 3.05) is 6.61 Å². The van der Waals surface area contributed by atoms with E-state index in [9.17, 15) is 14.7 Å². The van der Waals surface area contributed by atoms with E-state index in [1.54, 1.807) is 6.92 Å². The molecule has 2 aliphatic rings. The maximum Gasteiger partial charge on any atom is 0.266 e. The Morgan fingerprint density at radius 1 is 1.36 bits per heavy atom. The molecular formula is C22H23N3O3. The number of amides is 1. The third-order valence-corrected chi connectivity index (χ3v) is 6.39. The zero-order valence-electron chi connectivity index (χ0n) is 15.8. The van der Waals surface area contributed by atoms with Crippen molar-refractivity contribution < 1.29 is 9.90 Å². The van der Waals surface area contributed by atoms with E-state index in [1.807, 2.05) is 29.2 Å². The molecule has 2 fully saturated rings. The van der Waals surface area contributed by atoms with Gasteiger partial charge in [-0.3, -0.25) is 9.59 Å². The van der Waals surface area contributed by atoms with Crippen LogP contribution in [0.4, 0.5) is 0 Å². The molecular weight excluding hydrogens is 354 g/mol. The molecule has 1 aromatic heterocycles. The number of fused-ring (bicyclic) bond motifs is 2. The lowest BCUT2D eigenvalue weighted by Crippen LogP contribution is -2.44. The van der Waals surface area contributed by atoms with E-state index in [0.29, 0.717) is 11.3 Å². The van der Waals surface area contributed by atoms with Crippen LogP contribution in [0, 0.1) is 23.7 Å². The predicted molar refractivity (Wildman–Crippen MR) is 104 cm³/mol. The van der Waals surface area contributed by atoms with Gasteiger partial charge in [0, 0.05) is 23.2 Å². The number of carbonyl (C=O) groups excluding carboxylic acids is 1. The standard InChI is InChI=1S/C22H23N3O3/c1-14-18(9-16(12-23)20(27)24-14)21(28)25-17-7-8-19(25)22(11-17,13-26)10-15-5-3-2-4-6-15/h2-6,9,17,19,26H,7-8,10-11,13H2,1H3,(H,24,27)/t17-,19+,22-/m1/s1. The number of rotatable bonds is 4. The van der Waals surface area contributed by atoms with Gasteiger partial charge in [0.2, 0.25) is 0 Å². The summed E-state index contributed by atoms with van der Waals surface area (Å²) in [7, 11) is 0. The normalized spacial score (nSPS) is 25.7. The van der Waals surface area contributed by atoms with Crippen molar-refractivity contribution in [3.63, 3.8) is 0 Å². The van der Waals surface area contributed by atoms with Crippen LogP contribution in [0.25, 0.3) is 0 Å². The van der Waals surface area contributed by atoms with E-state index in [2.05, 4.69) is 17.1 Å². The number of nitrogens with zero attached hydrogens (tertiary/aromatic N) is 2. The summed E-state index contributed by atoms with van der Waals surface area (Å²) in [6.45, 7) is 1.71. The summed E-state index contributed by atoms with van der Waals surface area (Å²) < 4.78 is 0. The van der Waals surface area contributed by atoms with Crippen molar-refractivity contribution in [1.82, 2.24) is 9.88 Å². The van der Waals surface area contributed by atoms with Gasteiger partial charge < -0.3 is 15.0 Å². The largest absolute Gasteiger partial charge is 0.396 e. The van der Waals surface area contributed by atoms with Gasteiger partial charge >= 0.3 is 0 Å². The highest BCUT2D eigenvalue weighted by Crippen LogP contribution is 2.51. The van der Waals surface area contributed by atoms with Gasteiger partial charge in [-0.2, -0.15) is 5.26 Å². The molecule has 0 radical (unpaired) electrons. The molecule has 0 spiro atoms. The number of benzene rings is 1. The van der Waals surface area contributed by atoms with E-state index in [1.165, 1.54) is 6.07 Å². The average Bonchev–Trinajstić information content (AvgIpc) is 3.24. The molecule has 6 nitrogen and oxygen atoms in total. The number of hydrogen-bond acceptors (Lipinski definition) is 4. The van der Waals surface area contributed by atoms with Crippen molar-refractivity contribution in [2.24, 2.45) is 5.41 Å². The minimum atomic E-state index is -0.477. The Morgan fingerprint density at radius 2 is 2.11 bits per heavy atom. The second kappa shape index (κ2) is 6.92. The first-order valence-electron chi connectivity index (χ1n) is 9.60. The number of hydrogen-bond donors (Lipinski definition) is 2. The molecule has 6 heteroatoms. The Labute approximate surface area is 163 Å². The zero-order valence-corrected chi connectivity index (χ0v) is 15.8. The third-order valence-electron chi connectivity index (χ3n) is 6.39. The van der Waals surface area contributed by atoms with E-state index in [0.717, 1.165) is 31.2 Å². The Bertz CT molecular complexity index is 1010. The van der Waals surface area contributed by atoms with Crippen LogP contribution in [0.15, 0.2) is 41.2 Å². The molecule has 1 amide bonds. The lowest BCUT2D eigenvalue weighted by atomic mass is 9.70. The average molecular weight is 377 g/mol. The van der Waals surface area contributed by atoms with E-state index in [-0.39, 0.29) is 35.6 Å². The smallest absolute Gasteiger partial charge is 0.266 e. The number of pyridine rings is 1. The molecule has 2 aliphatic heterocycles. The number of aromatic nitrogens is 1. The molecule has 0 saturated carbocycles. The Morgan fingerprint density at radius 3 is 2.79 bits per heavy atom. The van der Waals surface area contributed by atoms with Crippen LogP contribution in [0.3, 0.4) is 0 Å². The lowest BCUT2D eigenvalue weighted by Gasteiger charge is -2.36. The summed E-state index contributed by atoms with van der Waals surface area (Å²) in [4.78, 5) is 29.7. The molecule has 2 aromatic rings. The van der Waals surface area contributed by atoms with Gasteiger partial charge in [0.05, 0.1) is 12.2 Å². The van der Waals surface area contributed by atoms with Gasteiger partial charge in [-0.05, 0) is 44.2 Å². The fourth-order valence-electron chi connectivity index (χ4n) is 5.08.